The molecule has 0 amide bonds. The Kier molecular flexibility index (Phi) is 2.96. The molecule has 2 aliphatic rings. The van der Waals surface area contributed by atoms with Gasteiger partial charge in [-0.05, 0) is 18.8 Å². The third-order valence-corrected chi connectivity index (χ3v) is 2.79. The van der Waals surface area contributed by atoms with Gasteiger partial charge in [0, 0.05) is 25.7 Å². The Morgan fingerprint density at radius 1 is 1.36 bits per heavy atom. The standard InChI is InChI=1S/C11H13O3/c12-9-4-1-3-8(7-9)11-10(13)5-2-6-14-11/h2,5-6,8,11H,1,3-4,7H2/t8-,11-/m0/s1. The SMILES string of the molecule is O=C1CCC[C@H]([C@@H]2O[CH][CH][CH]C2=O)C1. The van der Waals surface area contributed by atoms with Crippen LogP contribution in [0.5, 0.6) is 0 Å². The molecule has 1 saturated heterocycles. The number of carbonyl (C=O) groups is 2. The molecule has 0 aromatic rings. The van der Waals surface area contributed by atoms with Crippen molar-refractivity contribution < 1.29 is 14.3 Å². The fourth-order valence-electron chi connectivity index (χ4n) is 2.09. The molecule has 0 bridgehead atoms. The molecule has 0 aromatic carbocycles. The number of ketones is 2. The Morgan fingerprint density at radius 2 is 2.21 bits per heavy atom. The average Bonchev–Trinajstić information content (AvgIpc) is 2.18. The second-order valence-corrected chi connectivity index (χ2v) is 3.85. The fraction of sp³-hybridized carbons (Fsp3) is 0.545. The summed E-state index contributed by atoms with van der Waals surface area (Å²) in [5, 5.41) is 0. The first-order valence-electron chi connectivity index (χ1n) is 4.98. The first kappa shape index (κ1) is 9.84. The summed E-state index contributed by atoms with van der Waals surface area (Å²) in [5.74, 6) is 0.337. The van der Waals surface area contributed by atoms with Crippen molar-refractivity contribution in [2.45, 2.75) is 31.8 Å². The van der Waals surface area contributed by atoms with Crippen LogP contribution >= 0.6 is 0 Å². The molecule has 2 fully saturated rings. The van der Waals surface area contributed by atoms with Crippen molar-refractivity contribution in [3.8, 4) is 0 Å². The van der Waals surface area contributed by atoms with E-state index in [1.807, 2.05) is 0 Å². The van der Waals surface area contributed by atoms with E-state index in [0.717, 1.165) is 12.8 Å². The molecule has 3 heteroatoms. The lowest BCUT2D eigenvalue weighted by Gasteiger charge is -2.30. The van der Waals surface area contributed by atoms with Gasteiger partial charge in [0.15, 0.2) is 5.78 Å². The molecule has 2 rings (SSSR count). The molecule has 0 aromatic heterocycles. The van der Waals surface area contributed by atoms with E-state index in [1.165, 1.54) is 13.0 Å². The fourth-order valence-corrected chi connectivity index (χ4v) is 2.09. The van der Waals surface area contributed by atoms with Crippen molar-refractivity contribution in [2.75, 3.05) is 0 Å². The maximum atomic E-state index is 11.5. The van der Waals surface area contributed by atoms with E-state index in [-0.39, 0.29) is 17.5 Å². The summed E-state index contributed by atoms with van der Waals surface area (Å²) < 4.78 is 5.26. The molecule has 1 aliphatic heterocycles. The van der Waals surface area contributed by atoms with Crippen LogP contribution in [0.4, 0.5) is 0 Å². The summed E-state index contributed by atoms with van der Waals surface area (Å²) in [6, 6.07) is 0. The molecule has 0 spiro atoms. The summed E-state index contributed by atoms with van der Waals surface area (Å²) in [4.78, 5) is 22.7. The number of Topliss-reactive ketones (excluding diaryl/α,β-unsaturated/α-hetero) is 2. The van der Waals surface area contributed by atoms with Gasteiger partial charge in [0.25, 0.3) is 0 Å². The van der Waals surface area contributed by atoms with E-state index in [2.05, 4.69) is 0 Å². The van der Waals surface area contributed by atoms with Crippen molar-refractivity contribution in [2.24, 2.45) is 5.92 Å². The number of ether oxygens (including phenoxy) is 1. The van der Waals surface area contributed by atoms with Crippen LogP contribution in [0.15, 0.2) is 0 Å². The molecule has 2 atom stereocenters. The molecular formula is C11H13O3. The highest BCUT2D eigenvalue weighted by molar-refractivity contribution is 5.94. The van der Waals surface area contributed by atoms with E-state index in [9.17, 15) is 9.59 Å². The van der Waals surface area contributed by atoms with Crippen LogP contribution < -0.4 is 0 Å². The van der Waals surface area contributed by atoms with E-state index in [1.54, 1.807) is 6.42 Å². The second kappa shape index (κ2) is 4.22. The average molecular weight is 193 g/mol. The first-order valence-corrected chi connectivity index (χ1v) is 4.98. The highest BCUT2D eigenvalue weighted by Gasteiger charge is 2.34. The Morgan fingerprint density at radius 3 is 2.93 bits per heavy atom. The monoisotopic (exact) mass is 193 g/mol. The van der Waals surface area contributed by atoms with Crippen molar-refractivity contribution >= 4 is 11.6 Å². The maximum Gasteiger partial charge on any atom is 0.166 e. The Bertz CT molecular complexity index is 247. The summed E-state index contributed by atoms with van der Waals surface area (Å²) >= 11 is 0. The van der Waals surface area contributed by atoms with Gasteiger partial charge in [-0.1, -0.05) is 0 Å². The molecule has 3 radical (unpaired) electrons. The van der Waals surface area contributed by atoms with Gasteiger partial charge >= 0.3 is 0 Å². The zero-order chi connectivity index (χ0) is 9.97. The predicted molar refractivity (Wildman–Crippen MR) is 49.7 cm³/mol. The van der Waals surface area contributed by atoms with Crippen molar-refractivity contribution in [1.82, 2.24) is 0 Å². The second-order valence-electron chi connectivity index (χ2n) is 3.85. The summed E-state index contributed by atoms with van der Waals surface area (Å²) in [6.07, 6.45) is 5.68. The molecular weight excluding hydrogens is 180 g/mol. The molecule has 1 saturated carbocycles. The number of rotatable bonds is 1. The van der Waals surface area contributed by atoms with Crippen LogP contribution in [0, 0.1) is 25.4 Å². The lowest BCUT2D eigenvalue weighted by Crippen LogP contribution is -2.38. The van der Waals surface area contributed by atoms with Crippen LogP contribution in [-0.2, 0) is 14.3 Å². The Balaban J connectivity index is 1.98. The van der Waals surface area contributed by atoms with Gasteiger partial charge in [-0.3, -0.25) is 9.59 Å². The minimum atomic E-state index is -0.413. The van der Waals surface area contributed by atoms with E-state index >= 15 is 0 Å². The van der Waals surface area contributed by atoms with Crippen LogP contribution in [-0.4, -0.2) is 17.7 Å². The summed E-state index contributed by atoms with van der Waals surface area (Å²) in [5.41, 5.74) is 0. The Labute approximate surface area is 83.8 Å². The Hall–Kier alpha value is -0.700. The normalized spacial score (nSPS) is 34.6. The summed E-state index contributed by atoms with van der Waals surface area (Å²) in [6.45, 7) is 1.53. The molecule has 1 heterocycles. The van der Waals surface area contributed by atoms with Gasteiger partial charge in [-0.25, -0.2) is 0 Å². The van der Waals surface area contributed by atoms with Crippen molar-refractivity contribution in [3.63, 3.8) is 0 Å². The van der Waals surface area contributed by atoms with Gasteiger partial charge in [-0.2, -0.15) is 0 Å². The summed E-state index contributed by atoms with van der Waals surface area (Å²) in [7, 11) is 0. The van der Waals surface area contributed by atoms with E-state index < -0.39 is 6.10 Å². The zero-order valence-electron chi connectivity index (χ0n) is 7.94. The molecule has 14 heavy (non-hydrogen) atoms. The third kappa shape index (κ3) is 2.03. The number of hydrogen-bond donors (Lipinski definition) is 0. The van der Waals surface area contributed by atoms with E-state index in [4.69, 9.17) is 4.74 Å². The molecule has 0 unspecified atom stereocenters. The van der Waals surface area contributed by atoms with Crippen LogP contribution in [0.3, 0.4) is 0 Å². The predicted octanol–water partition coefficient (Wildman–Crippen LogP) is 1.28. The highest BCUT2D eigenvalue weighted by Crippen LogP contribution is 2.29. The quantitative estimate of drug-likeness (QED) is 0.630. The topological polar surface area (TPSA) is 43.4 Å². The number of hydrogen-bond acceptors (Lipinski definition) is 3. The minimum Gasteiger partial charge on any atom is -0.364 e. The minimum absolute atomic E-state index is 0.00722. The third-order valence-electron chi connectivity index (χ3n) is 2.79. The van der Waals surface area contributed by atoms with Gasteiger partial charge in [0.2, 0.25) is 0 Å². The zero-order valence-corrected chi connectivity index (χ0v) is 7.94. The van der Waals surface area contributed by atoms with Gasteiger partial charge < -0.3 is 4.74 Å². The number of carbonyl (C=O) groups excluding carboxylic acids is 2. The largest absolute Gasteiger partial charge is 0.364 e. The van der Waals surface area contributed by atoms with Crippen molar-refractivity contribution in [1.29, 1.82) is 0 Å². The molecule has 3 nitrogen and oxygen atoms in total. The smallest absolute Gasteiger partial charge is 0.166 e. The van der Waals surface area contributed by atoms with Crippen LogP contribution in [0.25, 0.3) is 0 Å². The molecule has 75 valence electrons. The van der Waals surface area contributed by atoms with Crippen LogP contribution in [0.2, 0.25) is 0 Å². The van der Waals surface area contributed by atoms with E-state index in [0.29, 0.717) is 12.8 Å². The lowest BCUT2D eigenvalue weighted by atomic mass is 9.81. The first-order chi connectivity index (χ1) is 6.77. The highest BCUT2D eigenvalue weighted by atomic mass is 16.5. The molecule has 1 aliphatic carbocycles. The maximum absolute atomic E-state index is 11.5. The van der Waals surface area contributed by atoms with Gasteiger partial charge in [0.1, 0.15) is 11.9 Å². The molecule has 0 N–H and O–H groups in total. The van der Waals surface area contributed by atoms with Crippen LogP contribution in [0.1, 0.15) is 25.7 Å². The van der Waals surface area contributed by atoms with Gasteiger partial charge in [-0.15, -0.1) is 0 Å². The van der Waals surface area contributed by atoms with Crippen molar-refractivity contribution in [3.05, 3.63) is 19.4 Å². The van der Waals surface area contributed by atoms with Gasteiger partial charge in [0.05, 0.1) is 6.61 Å². The lowest BCUT2D eigenvalue weighted by molar-refractivity contribution is -0.133.